The molecule has 2 aromatic rings. The molecular formula is C14H11ClN6O. The molecule has 0 aliphatic carbocycles. The minimum atomic E-state index is -0.407. The number of anilines is 2. The van der Waals surface area contributed by atoms with Gasteiger partial charge in [0.2, 0.25) is 11.9 Å². The molecule has 0 fully saturated rings. The van der Waals surface area contributed by atoms with Crippen LogP contribution in [0.25, 0.3) is 0 Å². The summed E-state index contributed by atoms with van der Waals surface area (Å²) in [6, 6.07) is 8.70. The Morgan fingerprint density at radius 3 is 2.82 bits per heavy atom. The standard InChI is InChI=1S/C14H11ClN6O/c1-8-2-3-9(15)4-10(8)19-13(22)7-21-12(6-17)11(5-16)20-14(21)18/h2-4H,7H2,1H3,(H2,18,20)(H,19,22). The highest BCUT2D eigenvalue weighted by atomic mass is 35.5. The first kappa shape index (κ1) is 15.4. The molecule has 0 aliphatic heterocycles. The first-order valence-corrected chi connectivity index (χ1v) is 6.56. The van der Waals surface area contributed by atoms with Crippen molar-refractivity contribution in [2.45, 2.75) is 13.5 Å². The van der Waals surface area contributed by atoms with Gasteiger partial charge < -0.3 is 11.1 Å². The number of halogens is 1. The molecule has 0 radical (unpaired) electrons. The van der Waals surface area contributed by atoms with Gasteiger partial charge in [0, 0.05) is 10.7 Å². The average molecular weight is 315 g/mol. The van der Waals surface area contributed by atoms with Crippen molar-refractivity contribution in [1.29, 1.82) is 10.5 Å². The maximum absolute atomic E-state index is 12.1. The van der Waals surface area contributed by atoms with Gasteiger partial charge in [0.25, 0.3) is 0 Å². The van der Waals surface area contributed by atoms with E-state index in [1.165, 1.54) is 4.57 Å². The molecule has 0 unspecified atom stereocenters. The average Bonchev–Trinajstić information content (AvgIpc) is 2.78. The van der Waals surface area contributed by atoms with Crippen LogP contribution in [0.15, 0.2) is 18.2 Å². The molecule has 7 nitrogen and oxygen atoms in total. The Morgan fingerprint density at radius 1 is 1.45 bits per heavy atom. The topological polar surface area (TPSA) is 121 Å². The Balaban J connectivity index is 2.24. The van der Waals surface area contributed by atoms with E-state index >= 15 is 0 Å². The van der Waals surface area contributed by atoms with Crippen molar-refractivity contribution in [3.8, 4) is 12.1 Å². The van der Waals surface area contributed by atoms with Gasteiger partial charge in [-0.15, -0.1) is 0 Å². The smallest absolute Gasteiger partial charge is 0.244 e. The van der Waals surface area contributed by atoms with Gasteiger partial charge in [0.15, 0.2) is 11.4 Å². The molecule has 0 saturated heterocycles. The van der Waals surface area contributed by atoms with Gasteiger partial charge in [-0.2, -0.15) is 10.5 Å². The maximum atomic E-state index is 12.1. The van der Waals surface area contributed by atoms with Crippen LogP contribution in [-0.2, 0) is 11.3 Å². The van der Waals surface area contributed by atoms with Gasteiger partial charge in [0.05, 0.1) is 0 Å². The molecule has 1 amide bonds. The fourth-order valence-electron chi connectivity index (χ4n) is 1.88. The number of aryl methyl sites for hydroxylation is 1. The molecule has 0 spiro atoms. The molecule has 2 rings (SSSR count). The van der Waals surface area contributed by atoms with Crippen molar-refractivity contribution < 1.29 is 4.79 Å². The van der Waals surface area contributed by atoms with Crippen molar-refractivity contribution in [2.75, 3.05) is 11.1 Å². The lowest BCUT2D eigenvalue weighted by molar-refractivity contribution is -0.116. The third-order valence-electron chi connectivity index (χ3n) is 2.98. The van der Waals surface area contributed by atoms with Crippen molar-refractivity contribution >= 4 is 29.1 Å². The lowest BCUT2D eigenvalue weighted by Crippen LogP contribution is -2.21. The number of nitrogens with zero attached hydrogens (tertiary/aromatic N) is 4. The Kier molecular flexibility index (Phi) is 4.31. The van der Waals surface area contributed by atoms with Gasteiger partial charge >= 0.3 is 0 Å². The van der Waals surface area contributed by atoms with E-state index in [0.717, 1.165) is 5.56 Å². The van der Waals surface area contributed by atoms with E-state index in [1.54, 1.807) is 24.3 Å². The second-order valence-corrected chi connectivity index (χ2v) is 4.92. The summed E-state index contributed by atoms with van der Waals surface area (Å²) in [6.07, 6.45) is 0. The first-order valence-electron chi connectivity index (χ1n) is 6.18. The second kappa shape index (κ2) is 6.17. The molecule has 3 N–H and O–H groups in total. The van der Waals surface area contributed by atoms with Gasteiger partial charge in [-0.3, -0.25) is 9.36 Å². The van der Waals surface area contributed by atoms with Crippen LogP contribution in [0.4, 0.5) is 11.6 Å². The third-order valence-corrected chi connectivity index (χ3v) is 3.22. The SMILES string of the molecule is Cc1ccc(Cl)cc1NC(=O)Cn1c(N)nc(C#N)c1C#N. The molecule has 110 valence electrons. The Bertz CT molecular complexity index is 827. The van der Waals surface area contributed by atoms with E-state index in [9.17, 15) is 4.79 Å². The Hall–Kier alpha value is -3.03. The summed E-state index contributed by atoms with van der Waals surface area (Å²) in [5.41, 5.74) is 6.90. The molecular weight excluding hydrogens is 304 g/mol. The zero-order chi connectivity index (χ0) is 16.3. The fourth-order valence-corrected chi connectivity index (χ4v) is 2.06. The number of carbonyl (C=O) groups is 1. The fraction of sp³-hybridized carbons (Fsp3) is 0.143. The number of benzene rings is 1. The largest absolute Gasteiger partial charge is 0.369 e. The summed E-state index contributed by atoms with van der Waals surface area (Å²) in [4.78, 5) is 15.9. The van der Waals surface area contributed by atoms with E-state index in [4.69, 9.17) is 27.9 Å². The van der Waals surface area contributed by atoms with E-state index in [1.807, 2.05) is 13.0 Å². The molecule has 0 aliphatic rings. The quantitative estimate of drug-likeness (QED) is 0.895. The van der Waals surface area contributed by atoms with Crippen molar-refractivity contribution in [3.63, 3.8) is 0 Å². The van der Waals surface area contributed by atoms with Crippen LogP contribution in [0, 0.1) is 29.6 Å². The summed E-state index contributed by atoms with van der Waals surface area (Å²) in [6.45, 7) is 1.60. The highest BCUT2D eigenvalue weighted by molar-refractivity contribution is 6.31. The number of rotatable bonds is 3. The van der Waals surface area contributed by atoms with Crippen molar-refractivity contribution in [3.05, 3.63) is 40.2 Å². The first-order chi connectivity index (χ1) is 10.5. The zero-order valence-corrected chi connectivity index (χ0v) is 12.3. The molecule has 1 aromatic heterocycles. The van der Waals surface area contributed by atoms with Crippen LogP contribution < -0.4 is 11.1 Å². The molecule has 0 atom stereocenters. The van der Waals surface area contributed by atoms with Crippen LogP contribution in [0.3, 0.4) is 0 Å². The second-order valence-electron chi connectivity index (χ2n) is 4.48. The highest BCUT2D eigenvalue weighted by Crippen LogP contribution is 2.20. The third kappa shape index (κ3) is 3.00. The maximum Gasteiger partial charge on any atom is 0.244 e. The summed E-state index contributed by atoms with van der Waals surface area (Å²) in [5, 5.41) is 21.1. The van der Waals surface area contributed by atoms with E-state index in [2.05, 4.69) is 10.3 Å². The number of nitrogens with two attached hydrogens (primary N) is 1. The minimum absolute atomic E-state index is 0.0435. The van der Waals surface area contributed by atoms with E-state index < -0.39 is 5.91 Å². The number of hydrogen-bond donors (Lipinski definition) is 2. The zero-order valence-electron chi connectivity index (χ0n) is 11.6. The van der Waals surface area contributed by atoms with Crippen LogP contribution in [-0.4, -0.2) is 15.5 Å². The predicted octanol–water partition coefficient (Wildman–Crippen LogP) is 1.81. The number of imidazole rings is 1. The van der Waals surface area contributed by atoms with E-state index in [0.29, 0.717) is 10.7 Å². The molecule has 8 heteroatoms. The van der Waals surface area contributed by atoms with Gasteiger partial charge in [-0.1, -0.05) is 17.7 Å². The van der Waals surface area contributed by atoms with Gasteiger partial charge in [0.1, 0.15) is 18.7 Å². The predicted molar refractivity (Wildman–Crippen MR) is 80.9 cm³/mol. The monoisotopic (exact) mass is 314 g/mol. The Morgan fingerprint density at radius 2 is 2.18 bits per heavy atom. The van der Waals surface area contributed by atoms with Gasteiger partial charge in [-0.25, -0.2) is 4.98 Å². The number of hydrogen-bond acceptors (Lipinski definition) is 5. The number of nitrogen functional groups attached to an aromatic ring is 1. The molecule has 1 heterocycles. The normalized spacial score (nSPS) is 9.82. The van der Waals surface area contributed by atoms with Gasteiger partial charge in [-0.05, 0) is 24.6 Å². The summed E-state index contributed by atoms with van der Waals surface area (Å²) < 4.78 is 1.19. The Labute approximate surface area is 131 Å². The summed E-state index contributed by atoms with van der Waals surface area (Å²) in [5.74, 6) is -0.471. The summed E-state index contributed by atoms with van der Waals surface area (Å²) >= 11 is 5.89. The van der Waals surface area contributed by atoms with Crippen LogP contribution in [0.5, 0.6) is 0 Å². The van der Waals surface area contributed by atoms with Crippen LogP contribution >= 0.6 is 11.6 Å². The minimum Gasteiger partial charge on any atom is -0.369 e. The molecule has 0 saturated carbocycles. The number of nitrogens with one attached hydrogen (secondary N) is 1. The number of aromatic nitrogens is 2. The molecule has 22 heavy (non-hydrogen) atoms. The lowest BCUT2D eigenvalue weighted by atomic mass is 10.2. The number of carbonyl (C=O) groups excluding carboxylic acids is 1. The van der Waals surface area contributed by atoms with E-state index in [-0.39, 0.29) is 23.9 Å². The number of amides is 1. The molecule has 0 bridgehead atoms. The van der Waals surface area contributed by atoms with Crippen LogP contribution in [0.2, 0.25) is 5.02 Å². The summed E-state index contributed by atoms with van der Waals surface area (Å²) in [7, 11) is 0. The lowest BCUT2D eigenvalue weighted by Gasteiger charge is -2.10. The van der Waals surface area contributed by atoms with Crippen LogP contribution in [0.1, 0.15) is 17.0 Å². The highest BCUT2D eigenvalue weighted by Gasteiger charge is 2.17. The number of nitriles is 2. The molecule has 1 aromatic carbocycles. The van der Waals surface area contributed by atoms with Crippen molar-refractivity contribution in [1.82, 2.24) is 9.55 Å². The van der Waals surface area contributed by atoms with Crippen molar-refractivity contribution in [2.24, 2.45) is 0 Å².